The van der Waals surface area contributed by atoms with Crippen molar-refractivity contribution in [2.24, 2.45) is 0 Å². The molecule has 0 radical (unpaired) electrons. The van der Waals surface area contributed by atoms with Crippen LogP contribution in [0.4, 0.5) is 16.2 Å². The fourth-order valence-electron chi connectivity index (χ4n) is 3.38. The monoisotopic (exact) mass is 491 g/mol. The molecule has 0 heterocycles. The fourth-order valence-corrected chi connectivity index (χ4v) is 4.87. The average Bonchev–Trinajstić information content (AvgIpc) is 2.85. The average molecular weight is 492 g/mol. The predicted octanol–water partition coefficient (Wildman–Crippen LogP) is 6.13. The molecule has 0 fully saturated rings. The third-order valence-electron chi connectivity index (χ3n) is 5.05. The van der Waals surface area contributed by atoms with Crippen LogP contribution in [0.25, 0.3) is 11.1 Å². The van der Waals surface area contributed by atoms with E-state index in [1.54, 1.807) is 54.6 Å². The van der Waals surface area contributed by atoms with Crippen molar-refractivity contribution in [1.29, 1.82) is 0 Å². The lowest BCUT2D eigenvalue weighted by Crippen LogP contribution is -2.28. The van der Waals surface area contributed by atoms with Gasteiger partial charge in [0.25, 0.3) is 10.0 Å². The van der Waals surface area contributed by atoms with Crippen LogP contribution < -0.4 is 15.4 Å². The first kappa shape index (κ1) is 23.4. The van der Waals surface area contributed by atoms with Gasteiger partial charge < -0.3 is 10.6 Å². The summed E-state index contributed by atoms with van der Waals surface area (Å²) in [6.07, 6.45) is 0. The van der Waals surface area contributed by atoms with Crippen molar-refractivity contribution in [3.8, 4) is 11.1 Å². The van der Waals surface area contributed by atoms with E-state index in [-0.39, 0.29) is 11.4 Å². The van der Waals surface area contributed by atoms with Gasteiger partial charge >= 0.3 is 6.03 Å². The largest absolute Gasteiger partial charge is 0.334 e. The second kappa shape index (κ2) is 10.4. The Balaban J connectivity index is 1.42. The Labute approximate surface area is 203 Å². The second-order valence-corrected chi connectivity index (χ2v) is 9.50. The van der Waals surface area contributed by atoms with Gasteiger partial charge in [-0.2, -0.15) is 0 Å². The molecular weight excluding hydrogens is 470 g/mol. The van der Waals surface area contributed by atoms with Crippen molar-refractivity contribution in [3.05, 3.63) is 114 Å². The molecule has 0 saturated carbocycles. The quantitative estimate of drug-likeness (QED) is 0.290. The standard InChI is InChI=1S/C26H22ClN3O3S/c27-24-12-6-4-10-20(24)18-28-26(31)29-21-14-16-22(17-15-21)30-34(32,33)25-13-7-5-11-23(25)19-8-2-1-3-9-19/h1-17,30H,18H2,(H2,28,29,31). The summed E-state index contributed by atoms with van der Waals surface area (Å²) >= 11 is 6.10. The van der Waals surface area contributed by atoms with Crippen molar-refractivity contribution in [1.82, 2.24) is 5.32 Å². The summed E-state index contributed by atoms with van der Waals surface area (Å²) in [6.45, 7) is 0.282. The molecule has 172 valence electrons. The number of urea groups is 1. The summed E-state index contributed by atoms with van der Waals surface area (Å²) in [5.74, 6) is 0. The van der Waals surface area contributed by atoms with Crippen LogP contribution in [-0.2, 0) is 16.6 Å². The van der Waals surface area contributed by atoms with E-state index in [0.717, 1.165) is 11.1 Å². The van der Waals surface area contributed by atoms with Gasteiger partial charge in [-0.1, -0.05) is 78.3 Å². The number of rotatable bonds is 7. The number of hydrogen-bond acceptors (Lipinski definition) is 3. The number of sulfonamides is 1. The van der Waals surface area contributed by atoms with Gasteiger partial charge in [0.05, 0.1) is 4.90 Å². The van der Waals surface area contributed by atoms with E-state index < -0.39 is 16.1 Å². The molecule has 4 aromatic rings. The highest BCUT2D eigenvalue weighted by Crippen LogP contribution is 2.28. The highest BCUT2D eigenvalue weighted by atomic mass is 35.5. The van der Waals surface area contributed by atoms with Crippen molar-refractivity contribution >= 4 is 39.0 Å². The van der Waals surface area contributed by atoms with E-state index in [9.17, 15) is 13.2 Å². The van der Waals surface area contributed by atoms with Gasteiger partial charge in [-0.05, 0) is 47.5 Å². The first-order valence-corrected chi connectivity index (χ1v) is 12.3. The maximum absolute atomic E-state index is 13.1. The van der Waals surface area contributed by atoms with Crippen molar-refractivity contribution in [2.45, 2.75) is 11.4 Å². The van der Waals surface area contributed by atoms with Gasteiger partial charge in [0.2, 0.25) is 0 Å². The minimum Gasteiger partial charge on any atom is -0.334 e. The van der Waals surface area contributed by atoms with Crippen LogP contribution >= 0.6 is 11.6 Å². The van der Waals surface area contributed by atoms with Crippen molar-refractivity contribution in [3.63, 3.8) is 0 Å². The Morgan fingerprint density at radius 2 is 1.35 bits per heavy atom. The van der Waals surface area contributed by atoms with E-state index in [0.29, 0.717) is 22.0 Å². The lowest BCUT2D eigenvalue weighted by Gasteiger charge is -2.13. The van der Waals surface area contributed by atoms with Gasteiger partial charge in [-0.15, -0.1) is 0 Å². The summed E-state index contributed by atoms with van der Waals surface area (Å²) < 4.78 is 28.8. The normalized spacial score (nSPS) is 11.0. The van der Waals surface area contributed by atoms with Crippen LogP contribution in [0.5, 0.6) is 0 Å². The zero-order valence-corrected chi connectivity index (χ0v) is 19.6. The minimum atomic E-state index is -3.83. The van der Waals surface area contributed by atoms with E-state index in [1.807, 2.05) is 48.5 Å². The van der Waals surface area contributed by atoms with Gasteiger partial charge in [0, 0.05) is 28.5 Å². The molecule has 0 spiro atoms. The Kier molecular flexibility index (Phi) is 7.15. The zero-order chi connectivity index (χ0) is 24.0. The molecule has 0 aliphatic heterocycles. The highest BCUT2D eigenvalue weighted by Gasteiger charge is 2.19. The minimum absolute atomic E-state index is 0.183. The number of hydrogen-bond donors (Lipinski definition) is 3. The van der Waals surface area contributed by atoms with Crippen LogP contribution in [0.15, 0.2) is 108 Å². The van der Waals surface area contributed by atoms with Gasteiger partial charge in [-0.25, -0.2) is 13.2 Å². The summed E-state index contributed by atoms with van der Waals surface area (Å²) in [7, 11) is -3.83. The Bertz CT molecular complexity index is 1390. The molecule has 0 bridgehead atoms. The first-order chi connectivity index (χ1) is 16.4. The molecule has 0 atom stereocenters. The van der Waals surface area contributed by atoms with Gasteiger partial charge in [0.1, 0.15) is 0 Å². The third kappa shape index (κ3) is 5.75. The first-order valence-electron chi connectivity index (χ1n) is 10.5. The lowest BCUT2D eigenvalue weighted by atomic mass is 10.1. The number of nitrogens with one attached hydrogen (secondary N) is 3. The topological polar surface area (TPSA) is 87.3 Å². The molecular formula is C26H22ClN3O3S. The van der Waals surface area contributed by atoms with Crippen LogP contribution in [0.1, 0.15) is 5.56 Å². The third-order valence-corrected chi connectivity index (χ3v) is 6.86. The van der Waals surface area contributed by atoms with Crippen LogP contribution in [0.2, 0.25) is 5.02 Å². The van der Waals surface area contributed by atoms with Crippen molar-refractivity contribution in [2.75, 3.05) is 10.0 Å². The summed E-state index contributed by atoms with van der Waals surface area (Å²) in [5.41, 5.74) is 3.13. The zero-order valence-electron chi connectivity index (χ0n) is 18.0. The molecule has 0 unspecified atom stereocenters. The van der Waals surface area contributed by atoms with E-state index >= 15 is 0 Å². The highest BCUT2D eigenvalue weighted by molar-refractivity contribution is 7.92. The Morgan fingerprint density at radius 3 is 2.09 bits per heavy atom. The summed E-state index contributed by atoms with van der Waals surface area (Å²) in [5, 5.41) is 6.03. The van der Waals surface area contributed by atoms with Crippen LogP contribution in [0.3, 0.4) is 0 Å². The van der Waals surface area contributed by atoms with E-state index in [2.05, 4.69) is 15.4 Å². The molecule has 0 aliphatic rings. The number of halogens is 1. The number of carbonyl (C=O) groups excluding carboxylic acids is 1. The molecule has 6 nitrogen and oxygen atoms in total. The molecule has 34 heavy (non-hydrogen) atoms. The fraction of sp³-hybridized carbons (Fsp3) is 0.0385. The Hall–Kier alpha value is -3.81. The summed E-state index contributed by atoms with van der Waals surface area (Å²) in [4.78, 5) is 12.4. The maximum Gasteiger partial charge on any atom is 0.319 e. The molecule has 3 N–H and O–H groups in total. The number of amides is 2. The van der Waals surface area contributed by atoms with Crippen LogP contribution in [-0.4, -0.2) is 14.4 Å². The van der Waals surface area contributed by atoms with Crippen LogP contribution in [0, 0.1) is 0 Å². The SMILES string of the molecule is O=C(NCc1ccccc1Cl)Nc1ccc(NS(=O)(=O)c2ccccc2-c2ccccc2)cc1. The summed E-state index contributed by atoms with van der Waals surface area (Å²) in [6, 6.07) is 29.5. The lowest BCUT2D eigenvalue weighted by molar-refractivity contribution is 0.251. The number of carbonyl (C=O) groups is 1. The Morgan fingerprint density at radius 1 is 0.735 bits per heavy atom. The molecule has 0 aliphatic carbocycles. The van der Waals surface area contributed by atoms with E-state index in [4.69, 9.17) is 11.6 Å². The molecule has 4 rings (SSSR count). The van der Waals surface area contributed by atoms with Crippen molar-refractivity contribution < 1.29 is 13.2 Å². The van der Waals surface area contributed by atoms with Gasteiger partial charge in [-0.3, -0.25) is 4.72 Å². The predicted molar refractivity (Wildman–Crippen MR) is 136 cm³/mol. The maximum atomic E-state index is 13.1. The molecule has 4 aromatic carbocycles. The molecule has 8 heteroatoms. The van der Waals surface area contributed by atoms with E-state index in [1.165, 1.54) is 0 Å². The van der Waals surface area contributed by atoms with Gasteiger partial charge in [0.15, 0.2) is 0 Å². The molecule has 0 saturated heterocycles. The molecule has 0 aromatic heterocycles. The second-order valence-electron chi connectivity index (χ2n) is 7.44. The molecule has 2 amide bonds. The number of benzene rings is 4. The number of anilines is 2. The smallest absolute Gasteiger partial charge is 0.319 e.